The molecule has 4 rings (SSSR count). The van der Waals surface area contributed by atoms with Gasteiger partial charge in [-0.1, -0.05) is 36.4 Å². The van der Waals surface area contributed by atoms with Crippen LogP contribution in [-0.4, -0.2) is 6.61 Å². The van der Waals surface area contributed by atoms with Gasteiger partial charge >= 0.3 is 0 Å². The lowest BCUT2D eigenvalue weighted by atomic mass is 9.76. The lowest BCUT2D eigenvalue weighted by Crippen LogP contribution is -2.16. The molecule has 0 amide bonds. The van der Waals surface area contributed by atoms with Crippen molar-refractivity contribution >= 4 is 6.08 Å². The van der Waals surface area contributed by atoms with Gasteiger partial charge < -0.3 is 4.74 Å². The van der Waals surface area contributed by atoms with Crippen LogP contribution < -0.4 is 4.74 Å². The molecule has 0 atom stereocenters. The summed E-state index contributed by atoms with van der Waals surface area (Å²) in [7, 11) is 0. The predicted octanol–water partition coefficient (Wildman–Crippen LogP) is 8.95. The average molecular weight is 469 g/mol. The minimum Gasteiger partial charge on any atom is -0.491 e. The maximum absolute atomic E-state index is 15.1. The van der Waals surface area contributed by atoms with Gasteiger partial charge in [-0.25, -0.2) is 13.2 Å². The van der Waals surface area contributed by atoms with Crippen LogP contribution in [0.15, 0.2) is 49.1 Å². The van der Waals surface area contributed by atoms with E-state index in [2.05, 4.69) is 12.7 Å². The lowest BCUT2D eigenvalue weighted by Gasteiger charge is -2.29. The molecule has 0 N–H and O–H groups in total. The summed E-state index contributed by atoms with van der Waals surface area (Å²) in [4.78, 5) is 0. The van der Waals surface area contributed by atoms with E-state index in [-0.39, 0.29) is 23.4 Å². The Balaban J connectivity index is 1.36. The fourth-order valence-corrected chi connectivity index (χ4v) is 5.64. The molecule has 2 aliphatic carbocycles. The molecule has 0 radical (unpaired) electrons. The Bertz CT molecular complexity index is 1010. The van der Waals surface area contributed by atoms with Crippen LogP contribution in [0.3, 0.4) is 0 Å². The van der Waals surface area contributed by atoms with Gasteiger partial charge in [-0.15, -0.1) is 6.58 Å². The smallest absolute Gasteiger partial charge is 0.165 e. The number of halogens is 3. The lowest BCUT2D eigenvalue weighted by molar-refractivity contribution is 0.321. The summed E-state index contributed by atoms with van der Waals surface area (Å²) >= 11 is 0. The topological polar surface area (TPSA) is 9.23 Å². The van der Waals surface area contributed by atoms with Gasteiger partial charge in [-0.05, 0) is 111 Å². The predicted molar refractivity (Wildman–Crippen MR) is 133 cm³/mol. The molecule has 0 aromatic heterocycles. The average Bonchev–Trinajstić information content (AvgIpc) is 2.86. The number of allylic oxidation sites excluding steroid dienone is 2. The normalized spacial score (nSPS) is 25.4. The molecule has 182 valence electrons. The highest BCUT2D eigenvalue weighted by atomic mass is 19.2. The van der Waals surface area contributed by atoms with E-state index >= 15 is 8.78 Å². The summed E-state index contributed by atoms with van der Waals surface area (Å²) in [6, 6.07) is 8.65. The van der Waals surface area contributed by atoms with Crippen LogP contribution in [0.2, 0.25) is 0 Å². The molecule has 2 aromatic rings. The molecular formula is C30H35F3O. The van der Waals surface area contributed by atoms with Crippen LogP contribution in [0.4, 0.5) is 13.2 Å². The van der Waals surface area contributed by atoms with Crippen molar-refractivity contribution in [2.45, 2.75) is 70.1 Å². The Morgan fingerprint density at radius 2 is 1.38 bits per heavy atom. The monoisotopic (exact) mass is 468 g/mol. The highest BCUT2D eigenvalue weighted by Crippen LogP contribution is 2.41. The summed E-state index contributed by atoms with van der Waals surface area (Å²) in [5.41, 5.74) is 1.87. The van der Waals surface area contributed by atoms with Crippen molar-refractivity contribution < 1.29 is 17.9 Å². The Labute approximate surface area is 201 Å². The second kappa shape index (κ2) is 11.3. The van der Waals surface area contributed by atoms with Crippen molar-refractivity contribution in [2.24, 2.45) is 11.8 Å². The molecule has 1 nitrogen and oxygen atoms in total. The van der Waals surface area contributed by atoms with E-state index in [9.17, 15) is 4.39 Å². The van der Waals surface area contributed by atoms with Crippen molar-refractivity contribution in [3.63, 3.8) is 0 Å². The second-order valence-electron chi connectivity index (χ2n) is 9.81. The molecule has 34 heavy (non-hydrogen) atoms. The Morgan fingerprint density at radius 3 is 1.88 bits per heavy atom. The molecular weight excluding hydrogens is 433 g/mol. The molecule has 0 aliphatic heterocycles. The molecule has 0 bridgehead atoms. The van der Waals surface area contributed by atoms with Crippen molar-refractivity contribution in [2.75, 3.05) is 6.61 Å². The summed E-state index contributed by atoms with van der Waals surface area (Å²) in [5, 5.41) is 0. The van der Waals surface area contributed by atoms with Crippen molar-refractivity contribution in [3.05, 3.63) is 83.2 Å². The Kier molecular flexibility index (Phi) is 8.18. The van der Waals surface area contributed by atoms with Crippen molar-refractivity contribution in [1.29, 1.82) is 0 Å². The van der Waals surface area contributed by atoms with Crippen LogP contribution in [0.5, 0.6) is 5.75 Å². The van der Waals surface area contributed by atoms with Crippen molar-refractivity contribution in [1.82, 2.24) is 0 Å². The Hall–Kier alpha value is -2.49. The second-order valence-corrected chi connectivity index (χ2v) is 9.81. The van der Waals surface area contributed by atoms with Crippen LogP contribution >= 0.6 is 0 Å². The van der Waals surface area contributed by atoms with E-state index < -0.39 is 11.6 Å². The zero-order valence-electron chi connectivity index (χ0n) is 20.0. The molecule has 0 unspecified atom stereocenters. The van der Waals surface area contributed by atoms with Crippen LogP contribution in [0.25, 0.3) is 6.08 Å². The number of hydrogen-bond acceptors (Lipinski definition) is 1. The summed E-state index contributed by atoms with van der Waals surface area (Å²) in [6.45, 7) is 6.12. The van der Waals surface area contributed by atoms with Crippen LogP contribution in [0, 0.1) is 29.3 Å². The highest BCUT2D eigenvalue weighted by Gasteiger charge is 2.28. The third-order valence-electron chi connectivity index (χ3n) is 7.72. The number of rotatable bonds is 7. The van der Waals surface area contributed by atoms with E-state index in [1.807, 2.05) is 37.3 Å². The Morgan fingerprint density at radius 1 is 0.824 bits per heavy atom. The number of hydrogen-bond donors (Lipinski definition) is 0. The zero-order chi connectivity index (χ0) is 24.1. The first-order chi connectivity index (χ1) is 16.5. The molecule has 4 heteroatoms. The summed E-state index contributed by atoms with van der Waals surface area (Å²) < 4.78 is 49.4. The standard InChI is InChI=1S/C30H35F3O/c1-3-20-7-12-23(13-8-20)25-16-17-26(30(33)29(25)32)24-14-9-21(10-15-24)5-6-22-11-18-28(34-4-2)27(31)19-22/h3,5-6,11,16-21,23-24H,1,4,7-10,12-15H2,2H3. The molecule has 2 aromatic carbocycles. The van der Waals surface area contributed by atoms with Gasteiger partial charge in [0.1, 0.15) is 0 Å². The van der Waals surface area contributed by atoms with Gasteiger partial charge in [-0.2, -0.15) is 0 Å². The van der Waals surface area contributed by atoms with Crippen molar-refractivity contribution in [3.8, 4) is 5.75 Å². The minimum absolute atomic E-state index is 0.0487. The number of ether oxygens (including phenoxy) is 1. The highest BCUT2D eigenvalue weighted by molar-refractivity contribution is 5.51. The largest absolute Gasteiger partial charge is 0.491 e. The van der Waals surface area contributed by atoms with Crippen LogP contribution in [-0.2, 0) is 0 Å². The maximum atomic E-state index is 15.1. The molecule has 0 spiro atoms. The first-order valence-electron chi connectivity index (χ1n) is 12.7. The molecule has 2 fully saturated rings. The molecule has 0 heterocycles. The summed E-state index contributed by atoms with van der Waals surface area (Å²) in [6.07, 6.45) is 13.3. The van der Waals surface area contributed by atoms with Crippen LogP contribution in [0.1, 0.15) is 86.8 Å². The van der Waals surface area contributed by atoms with Gasteiger partial charge in [0.25, 0.3) is 0 Å². The van der Waals surface area contributed by atoms with Gasteiger partial charge in [0.2, 0.25) is 0 Å². The zero-order valence-corrected chi connectivity index (χ0v) is 20.0. The number of benzene rings is 2. The van der Waals surface area contributed by atoms with E-state index in [0.717, 1.165) is 56.9 Å². The molecule has 0 saturated heterocycles. The quantitative estimate of drug-likeness (QED) is 0.369. The SMILES string of the molecule is C=CC1CCC(c2ccc(C3CCC(C=Cc4ccc(OCC)c(F)c4)CC3)c(F)c2F)CC1. The molecule has 2 aliphatic rings. The molecule has 2 saturated carbocycles. The fourth-order valence-electron chi connectivity index (χ4n) is 5.64. The van der Waals surface area contributed by atoms with E-state index in [4.69, 9.17) is 4.74 Å². The summed E-state index contributed by atoms with van der Waals surface area (Å²) in [5.74, 6) is -0.362. The van der Waals surface area contributed by atoms with Gasteiger partial charge in [0, 0.05) is 0 Å². The van der Waals surface area contributed by atoms with Gasteiger partial charge in [0.05, 0.1) is 6.61 Å². The van der Waals surface area contributed by atoms with E-state index in [1.54, 1.807) is 6.07 Å². The third-order valence-corrected chi connectivity index (χ3v) is 7.72. The van der Waals surface area contributed by atoms with Gasteiger partial charge in [-0.3, -0.25) is 0 Å². The fraction of sp³-hybridized carbons (Fsp3) is 0.467. The first kappa shape index (κ1) is 24.6. The van der Waals surface area contributed by atoms with E-state index in [0.29, 0.717) is 29.6 Å². The first-order valence-corrected chi connectivity index (χ1v) is 12.7. The third kappa shape index (κ3) is 5.59. The van der Waals surface area contributed by atoms with Gasteiger partial charge in [0.15, 0.2) is 23.2 Å². The maximum Gasteiger partial charge on any atom is 0.165 e. The van der Waals surface area contributed by atoms with E-state index in [1.165, 1.54) is 6.07 Å². The minimum atomic E-state index is -0.646.